The van der Waals surface area contributed by atoms with E-state index in [1.165, 1.54) is 24.3 Å². The second kappa shape index (κ2) is 6.53. The van der Waals surface area contributed by atoms with Crippen LogP contribution < -0.4 is 9.44 Å². The van der Waals surface area contributed by atoms with Crippen LogP contribution in [0.2, 0.25) is 0 Å². The van der Waals surface area contributed by atoms with Gasteiger partial charge in [0.15, 0.2) is 0 Å². The molecule has 0 saturated carbocycles. The molecule has 0 amide bonds. The molecule has 0 aliphatic carbocycles. The third-order valence-corrected chi connectivity index (χ3v) is 5.76. The molecule has 122 valence electrons. The number of primary sulfonamides is 1. The molecule has 23 heavy (non-hydrogen) atoms. The maximum absolute atomic E-state index is 12.8. The smallest absolute Gasteiger partial charge is 0.263 e. The Morgan fingerprint density at radius 3 is 2.13 bits per heavy atom. The van der Waals surface area contributed by atoms with Gasteiger partial charge >= 0.3 is 0 Å². The zero-order valence-corrected chi connectivity index (χ0v) is 13.8. The highest BCUT2D eigenvalue weighted by atomic mass is 32.2. The molecule has 0 atom stereocenters. The molecule has 0 spiro atoms. The molecule has 0 bridgehead atoms. The molecule has 0 saturated heterocycles. The summed E-state index contributed by atoms with van der Waals surface area (Å²) in [4.78, 5) is -0.417. The minimum atomic E-state index is -3.99. The molecular formula is C15H16N2O4S2. The van der Waals surface area contributed by atoms with Crippen molar-refractivity contribution in [2.45, 2.75) is 9.79 Å². The predicted molar refractivity (Wildman–Crippen MR) is 89.0 cm³/mol. The number of para-hydroxylation sites is 1. The van der Waals surface area contributed by atoms with Gasteiger partial charge in [-0.15, -0.1) is 6.58 Å². The highest BCUT2D eigenvalue weighted by Crippen LogP contribution is 2.24. The molecule has 2 aromatic rings. The molecule has 0 aromatic heterocycles. The van der Waals surface area contributed by atoms with Crippen molar-refractivity contribution in [3.63, 3.8) is 0 Å². The van der Waals surface area contributed by atoms with Gasteiger partial charge in [-0.05, 0) is 30.3 Å². The number of nitrogens with zero attached hydrogens (tertiary/aromatic N) is 1. The molecule has 2 N–H and O–H groups in total. The molecule has 0 aliphatic heterocycles. The van der Waals surface area contributed by atoms with Gasteiger partial charge in [-0.3, -0.25) is 4.31 Å². The Bertz CT molecular complexity index is 908. The molecule has 0 aliphatic rings. The van der Waals surface area contributed by atoms with Gasteiger partial charge in [0.2, 0.25) is 10.0 Å². The van der Waals surface area contributed by atoms with Crippen molar-refractivity contribution in [2.75, 3.05) is 10.8 Å². The summed E-state index contributed by atoms with van der Waals surface area (Å²) in [6.45, 7) is 3.62. The second-order valence-electron chi connectivity index (χ2n) is 4.68. The van der Waals surface area contributed by atoms with Crippen molar-refractivity contribution in [2.24, 2.45) is 5.14 Å². The Morgan fingerprint density at radius 2 is 1.57 bits per heavy atom. The van der Waals surface area contributed by atoms with Crippen LogP contribution in [0.5, 0.6) is 0 Å². The van der Waals surface area contributed by atoms with E-state index in [1.54, 1.807) is 30.3 Å². The number of nitrogens with two attached hydrogens (primary N) is 1. The second-order valence-corrected chi connectivity index (χ2v) is 8.10. The predicted octanol–water partition coefficient (Wildman–Crippen LogP) is 1.72. The van der Waals surface area contributed by atoms with Gasteiger partial charge in [0.1, 0.15) is 0 Å². The average Bonchev–Trinajstić information content (AvgIpc) is 2.52. The zero-order chi connectivity index (χ0) is 17.1. The molecular weight excluding hydrogens is 336 g/mol. The van der Waals surface area contributed by atoms with Crippen molar-refractivity contribution in [3.05, 3.63) is 67.3 Å². The summed E-state index contributed by atoms with van der Waals surface area (Å²) in [6.07, 6.45) is 1.45. The van der Waals surface area contributed by atoms with Gasteiger partial charge in [-0.1, -0.05) is 30.3 Å². The van der Waals surface area contributed by atoms with Crippen LogP contribution in [-0.4, -0.2) is 23.4 Å². The summed E-state index contributed by atoms with van der Waals surface area (Å²) in [6, 6.07) is 13.4. The zero-order valence-electron chi connectivity index (χ0n) is 12.2. The van der Waals surface area contributed by atoms with Crippen LogP contribution in [0.3, 0.4) is 0 Å². The molecule has 2 rings (SSSR count). The highest BCUT2D eigenvalue weighted by molar-refractivity contribution is 7.93. The number of hydrogen-bond acceptors (Lipinski definition) is 4. The monoisotopic (exact) mass is 352 g/mol. The van der Waals surface area contributed by atoms with Gasteiger partial charge in [-0.25, -0.2) is 22.0 Å². The lowest BCUT2D eigenvalue weighted by Gasteiger charge is -2.23. The van der Waals surface area contributed by atoms with E-state index < -0.39 is 20.0 Å². The third kappa shape index (κ3) is 3.79. The van der Waals surface area contributed by atoms with Crippen LogP contribution in [0.1, 0.15) is 0 Å². The van der Waals surface area contributed by atoms with Crippen molar-refractivity contribution < 1.29 is 16.8 Å². The number of anilines is 1. The van der Waals surface area contributed by atoms with Crippen LogP contribution in [0.15, 0.2) is 77.0 Å². The molecule has 0 radical (unpaired) electrons. The minimum absolute atomic E-state index is 0.0476. The van der Waals surface area contributed by atoms with Gasteiger partial charge in [0.05, 0.1) is 22.0 Å². The van der Waals surface area contributed by atoms with E-state index in [4.69, 9.17) is 5.14 Å². The molecule has 0 fully saturated rings. The largest absolute Gasteiger partial charge is 0.264 e. The number of sulfonamides is 2. The van der Waals surface area contributed by atoms with Gasteiger partial charge < -0.3 is 0 Å². The summed E-state index contributed by atoms with van der Waals surface area (Å²) >= 11 is 0. The van der Waals surface area contributed by atoms with E-state index in [-0.39, 0.29) is 16.3 Å². The van der Waals surface area contributed by atoms with Gasteiger partial charge in [0, 0.05) is 0 Å². The van der Waals surface area contributed by atoms with Crippen LogP contribution in [0.25, 0.3) is 0 Å². The summed E-state index contributed by atoms with van der Waals surface area (Å²) in [5, 5.41) is 5.06. The minimum Gasteiger partial charge on any atom is -0.263 e. The van der Waals surface area contributed by atoms with E-state index >= 15 is 0 Å². The Kier molecular flexibility index (Phi) is 4.88. The quantitative estimate of drug-likeness (QED) is 0.800. The normalized spacial score (nSPS) is 11.9. The number of benzene rings is 2. The first kappa shape index (κ1) is 17.2. The first-order chi connectivity index (χ1) is 10.8. The Labute approximate surface area is 136 Å². The lowest BCUT2D eigenvalue weighted by atomic mass is 10.3. The van der Waals surface area contributed by atoms with Crippen molar-refractivity contribution in [1.29, 1.82) is 0 Å². The fourth-order valence-corrected chi connectivity index (χ4v) is 4.11. The average molecular weight is 352 g/mol. The molecule has 8 heteroatoms. The molecule has 6 nitrogen and oxygen atoms in total. The fraction of sp³-hybridized carbons (Fsp3) is 0.0667. The van der Waals surface area contributed by atoms with Crippen molar-refractivity contribution >= 4 is 25.7 Å². The van der Waals surface area contributed by atoms with E-state index in [2.05, 4.69) is 6.58 Å². The van der Waals surface area contributed by atoms with Crippen molar-refractivity contribution in [3.8, 4) is 0 Å². The summed E-state index contributed by atoms with van der Waals surface area (Å²) in [5.41, 5.74) is 0.452. The first-order valence-corrected chi connectivity index (χ1v) is 9.57. The van der Waals surface area contributed by atoms with E-state index in [1.807, 2.05) is 0 Å². The van der Waals surface area contributed by atoms with Gasteiger partial charge in [0.25, 0.3) is 10.0 Å². The van der Waals surface area contributed by atoms with E-state index in [9.17, 15) is 16.8 Å². The van der Waals surface area contributed by atoms with E-state index in [0.29, 0.717) is 5.69 Å². The van der Waals surface area contributed by atoms with Gasteiger partial charge in [-0.2, -0.15) is 0 Å². The van der Waals surface area contributed by atoms with Crippen LogP contribution in [0, 0.1) is 0 Å². The molecule has 0 unspecified atom stereocenters. The topological polar surface area (TPSA) is 97.5 Å². The maximum Gasteiger partial charge on any atom is 0.264 e. The number of hydrogen-bond donors (Lipinski definition) is 1. The number of rotatable bonds is 6. The molecule has 0 heterocycles. The van der Waals surface area contributed by atoms with Crippen LogP contribution in [0.4, 0.5) is 5.69 Å². The third-order valence-electron chi connectivity index (χ3n) is 3.06. The highest BCUT2D eigenvalue weighted by Gasteiger charge is 2.25. The Morgan fingerprint density at radius 1 is 0.957 bits per heavy atom. The molecule has 2 aromatic carbocycles. The lowest BCUT2D eigenvalue weighted by Crippen LogP contribution is -2.31. The summed E-state index contributed by atoms with van der Waals surface area (Å²) in [7, 11) is -7.95. The lowest BCUT2D eigenvalue weighted by molar-refractivity contribution is 0.592. The van der Waals surface area contributed by atoms with Crippen LogP contribution in [-0.2, 0) is 20.0 Å². The summed E-state index contributed by atoms with van der Waals surface area (Å²) in [5.74, 6) is 0. The standard InChI is InChI=1S/C15H16N2O4S2/c1-2-11-17(13-7-4-3-5-8-13)23(20,21)15-10-6-9-14(12-15)22(16,18)19/h2-10,12H,1,11H2,(H2,16,18,19). The first-order valence-electron chi connectivity index (χ1n) is 6.58. The van der Waals surface area contributed by atoms with Crippen molar-refractivity contribution in [1.82, 2.24) is 0 Å². The Balaban J connectivity index is 2.57. The Hall–Kier alpha value is -2.16. The summed E-state index contributed by atoms with van der Waals surface area (Å²) < 4.78 is 49.7. The van der Waals surface area contributed by atoms with Crippen LogP contribution >= 0.6 is 0 Å². The van der Waals surface area contributed by atoms with E-state index in [0.717, 1.165) is 10.4 Å². The maximum atomic E-state index is 12.8. The SMILES string of the molecule is C=CCN(c1ccccc1)S(=O)(=O)c1cccc(S(N)(=O)=O)c1. The fourth-order valence-electron chi connectivity index (χ4n) is 1.99.